The number of piperazine rings is 1. The summed E-state index contributed by atoms with van der Waals surface area (Å²) < 4.78 is 28.3. The molecule has 0 saturated carbocycles. The molecule has 0 unspecified atom stereocenters. The third-order valence-electron chi connectivity index (χ3n) is 5.48. The van der Waals surface area contributed by atoms with Gasteiger partial charge in [-0.25, -0.2) is 12.4 Å². The van der Waals surface area contributed by atoms with Gasteiger partial charge in [0, 0.05) is 53.8 Å². The first kappa shape index (κ1) is 26.5. The van der Waals surface area contributed by atoms with Crippen molar-refractivity contribution in [3.8, 4) is 0 Å². The van der Waals surface area contributed by atoms with Crippen LogP contribution < -0.4 is 0 Å². The third kappa shape index (κ3) is 5.58. The van der Waals surface area contributed by atoms with E-state index in [1.165, 1.54) is 21.7 Å². The maximum atomic E-state index is 13.1. The highest BCUT2D eigenvalue weighted by Gasteiger charge is 2.21. The number of rotatable bonds is 5. The molecule has 2 aromatic carbocycles. The number of fused-ring (bicyclic) bond motifs is 1. The lowest BCUT2D eigenvalue weighted by Gasteiger charge is -2.34. The molecule has 1 aliphatic rings. The van der Waals surface area contributed by atoms with Gasteiger partial charge in [0.15, 0.2) is 0 Å². The van der Waals surface area contributed by atoms with Gasteiger partial charge in [0.1, 0.15) is 0 Å². The maximum Gasteiger partial charge on any atom is 0.268 e. The van der Waals surface area contributed by atoms with E-state index in [0.717, 1.165) is 49.1 Å². The second-order valence-electron chi connectivity index (χ2n) is 7.29. The van der Waals surface area contributed by atoms with Gasteiger partial charge >= 0.3 is 0 Å². The molecule has 4 rings (SSSR count). The zero-order chi connectivity index (χ0) is 20.6. The molecule has 1 aromatic heterocycles. The van der Waals surface area contributed by atoms with E-state index in [2.05, 4.69) is 38.7 Å². The first-order chi connectivity index (χ1) is 13.9. The minimum atomic E-state index is -3.70. The molecule has 0 spiro atoms. The molecular formula is C21H25BrCl3N3O2S. The Morgan fingerprint density at radius 1 is 0.968 bits per heavy atom. The number of hydrogen-bond acceptors (Lipinski definition) is 4. The molecule has 0 radical (unpaired) electrons. The van der Waals surface area contributed by atoms with Crippen molar-refractivity contribution >= 4 is 73.3 Å². The molecule has 1 fully saturated rings. The normalized spacial score (nSPS) is 15.5. The van der Waals surface area contributed by atoms with Crippen LogP contribution in [0.25, 0.3) is 10.9 Å². The Morgan fingerprint density at radius 3 is 2.19 bits per heavy atom. The summed E-state index contributed by atoms with van der Waals surface area (Å²) in [4.78, 5) is 5.12. The second-order valence-corrected chi connectivity index (χ2v) is 10.4. The molecule has 5 nitrogen and oxygen atoms in total. The minimum Gasteiger partial charge on any atom is -0.301 e. The standard InChI is InChI=1S/C21H23BrClN3O2S.2ClH/c1-2-24-9-11-25(12-10-24)14-16-3-8-21-19(13-16)20(22)15-26(21)29(27,28)18-6-4-17(23)5-7-18;;/h3-8,13,15H,2,9-12,14H2,1H3;2*1H. The molecule has 0 N–H and O–H groups in total. The van der Waals surface area contributed by atoms with E-state index in [9.17, 15) is 8.42 Å². The summed E-state index contributed by atoms with van der Waals surface area (Å²) in [6.45, 7) is 8.47. The molecule has 1 aliphatic heterocycles. The lowest BCUT2D eigenvalue weighted by molar-refractivity contribution is 0.132. The van der Waals surface area contributed by atoms with Gasteiger partial charge in [-0.05, 0) is 64.4 Å². The lowest BCUT2D eigenvalue weighted by atomic mass is 10.1. The van der Waals surface area contributed by atoms with Crippen molar-refractivity contribution in [2.24, 2.45) is 0 Å². The van der Waals surface area contributed by atoms with Gasteiger partial charge in [-0.15, -0.1) is 24.8 Å². The van der Waals surface area contributed by atoms with E-state index < -0.39 is 10.0 Å². The van der Waals surface area contributed by atoms with Crippen LogP contribution in [-0.2, 0) is 16.6 Å². The van der Waals surface area contributed by atoms with Gasteiger partial charge in [-0.2, -0.15) is 0 Å². The van der Waals surface area contributed by atoms with E-state index in [1.807, 2.05) is 12.1 Å². The summed E-state index contributed by atoms with van der Waals surface area (Å²) in [5.74, 6) is 0. The predicted octanol–water partition coefficient (Wildman–Crippen LogP) is 5.28. The molecule has 10 heteroatoms. The van der Waals surface area contributed by atoms with Crippen LogP contribution in [0.5, 0.6) is 0 Å². The van der Waals surface area contributed by atoms with E-state index in [1.54, 1.807) is 18.3 Å². The summed E-state index contributed by atoms with van der Waals surface area (Å²) in [7, 11) is -3.70. The molecule has 2 heterocycles. The molecule has 31 heavy (non-hydrogen) atoms. The maximum absolute atomic E-state index is 13.1. The Bertz CT molecular complexity index is 1130. The Kier molecular flexibility index (Phi) is 9.28. The molecule has 3 aromatic rings. The highest BCUT2D eigenvalue weighted by molar-refractivity contribution is 9.10. The van der Waals surface area contributed by atoms with Crippen molar-refractivity contribution in [2.75, 3.05) is 32.7 Å². The van der Waals surface area contributed by atoms with Crippen LogP contribution in [0.4, 0.5) is 0 Å². The van der Waals surface area contributed by atoms with Crippen molar-refractivity contribution in [3.05, 3.63) is 63.7 Å². The Labute approximate surface area is 209 Å². The van der Waals surface area contributed by atoms with Gasteiger partial charge in [-0.1, -0.05) is 24.6 Å². The fourth-order valence-corrected chi connectivity index (χ4v) is 5.90. The number of nitrogens with zero attached hydrogens (tertiary/aromatic N) is 3. The van der Waals surface area contributed by atoms with Crippen LogP contribution in [0, 0.1) is 0 Å². The van der Waals surface area contributed by atoms with Gasteiger partial charge in [0.2, 0.25) is 0 Å². The van der Waals surface area contributed by atoms with Gasteiger partial charge in [0.05, 0.1) is 10.4 Å². The van der Waals surface area contributed by atoms with E-state index in [0.29, 0.717) is 10.5 Å². The third-order valence-corrected chi connectivity index (χ3v) is 8.05. The van der Waals surface area contributed by atoms with Crippen LogP contribution in [0.15, 0.2) is 58.0 Å². The zero-order valence-electron chi connectivity index (χ0n) is 17.0. The summed E-state index contributed by atoms with van der Waals surface area (Å²) in [6, 6.07) is 12.2. The van der Waals surface area contributed by atoms with Gasteiger partial charge in [-0.3, -0.25) is 4.90 Å². The fraction of sp³-hybridized carbons (Fsp3) is 0.333. The summed E-state index contributed by atoms with van der Waals surface area (Å²) in [6.07, 6.45) is 1.62. The van der Waals surface area contributed by atoms with E-state index in [4.69, 9.17) is 11.6 Å². The second kappa shape index (κ2) is 10.9. The van der Waals surface area contributed by atoms with Crippen LogP contribution >= 0.6 is 52.3 Å². The van der Waals surface area contributed by atoms with E-state index in [-0.39, 0.29) is 29.7 Å². The molecular weight excluding hydrogens is 545 g/mol. The molecule has 1 saturated heterocycles. The summed E-state index contributed by atoms with van der Waals surface area (Å²) in [5, 5.41) is 1.40. The van der Waals surface area contributed by atoms with Crippen molar-refractivity contribution in [1.82, 2.24) is 13.8 Å². The summed E-state index contributed by atoms with van der Waals surface area (Å²) in [5.41, 5.74) is 1.84. The van der Waals surface area contributed by atoms with Crippen LogP contribution in [0.3, 0.4) is 0 Å². The van der Waals surface area contributed by atoms with Crippen LogP contribution in [0.2, 0.25) is 5.02 Å². The fourth-order valence-electron chi connectivity index (χ4n) is 3.75. The zero-order valence-corrected chi connectivity index (χ0v) is 21.8. The number of aromatic nitrogens is 1. The molecule has 0 bridgehead atoms. The number of benzene rings is 2. The first-order valence-electron chi connectivity index (χ1n) is 9.64. The minimum absolute atomic E-state index is 0. The molecule has 170 valence electrons. The van der Waals surface area contributed by atoms with Crippen molar-refractivity contribution in [1.29, 1.82) is 0 Å². The number of hydrogen-bond donors (Lipinski definition) is 0. The smallest absolute Gasteiger partial charge is 0.268 e. The predicted molar refractivity (Wildman–Crippen MR) is 136 cm³/mol. The Balaban J connectivity index is 0.00000171. The first-order valence-corrected chi connectivity index (χ1v) is 12.2. The average molecular weight is 570 g/mol. The number of likely N-dealkylation sites (N-methyl/N-ethyl adjacent to an activating group) is 1. The van der Waals surface area contributed by atoms with E-state index >= 15 is 0 Å². The highest BCUT2D eigenvalue weighted by Crippen LogP contribution is 2.31. The molecule has 0 amide bonds. The highest BCUT2D eigenvalue weighted by atomic mass is 79.9. The number of halogens is 4. The quantitative estimate of drug-likeness (QED) is 0.420. The topological polar surface area (TPSA) is 45.5 Å². The molecule has 0 atom stereocenters. The molecule has 0 aliphatic carbocycles. The lowest BCUT2D eigenvalue weighted by Crippen LogP contribution is -2.45. The van der Waals surface area contributed by atoms with Crippen molar-refractivity contribution in [3.63, 3.8) is 0 Å². The summed E-state index contributed by atoms with van der Waals surface area (Å²) >= 11 is 9.45. The van der Waals surface area contributed by atoms with Crippen molar-refractivity contribution in [2.45, 2.75) is 18.4 Å². The largest absolute Gasteiger partial charge is 0.301 e. The average Bonchev–Trinajstić information content (AvgIpc) is 3.06. The monoisotopic (exact) mass is 567 g/mol. The van der Waals surface area contributed by atoms with Crippen LogP contribution in [0.1, 0.15) is 12.5 Å². The van der Waals surface area contributed by atoms with Gasteiger partial charge in [0.25, 0.3) is 10.0 Å². The van der Waals surface area contributed by atoms with Gasteiger partial charge < -0.3 is 4.90 Å². The SMILES string of the molecule is CCN1CCN(Cc2ccc3c(c2)c(Br)cn3S(=O)(=O)c2ccc(Cl)cc2)CC1.Cl.Cl. The van der Waals surface area contributed by atoms with Crippen molar-refractivity contribution < 1.29 is 8.42 Å². The Morgan fingerprint density at radius 2 is 1.58 bits per heavy atom. The van der Waals surface area contributed by atoms with Crippen LogP contribution in [-0.4, -0.2) is 54.9 Å². The Hall–Kier alpha value is -0.800.